The number of hydrogen-bond acceptors (Lipinski definition) is 3. The van der Waals surface area contributed by atoms with E-state index in [1.807, 2.05) is 48.5 Å². The highest BCUT2D eigenvalue weighted by Gasteiger charge is 2.10. The zero-order valence-corrected chi connectivity index (χ0v) is 13.8. The molecule has 0 aliphatic heterocycles. The van der Waals surface area contributed by atoms with Gasteiger partial charge in [-0.1, -0.05) is 35.9 Å². The third-order valence-corrected chi connectivity index (χ3v) is 3.74. The van der Waals surface area contributed by atoms with E-state index in [0.717, 1.165) is 16.9 Å². The van der Waals surface area contributed by atoms with Crippen LogP contribution in [0.1, 0.15) is 17.5 Å². The van der Waals surface area contributed by atoms with Crippen LogP contribution < -0.4 is 4.74 Å². The molecule has 0 saturated carbocycles. The minimum atomic E-state index is -0.796. The fourth-order valence-corrected chi connectivity index (χ4v) is 2.56. The summed E-state index contributed by atoms with van der Waals surface area (Å²) in [7, 11) is 1.63. The van der Waals surface area contributed by atoms with E-state index in [-0.39, 0.29) is 6.42 Å². The van der Waals surface area contributed by atoms with Gasteiger partial charge in [-0.2, -0.15) is 0 Å². The van der Waals surface area contributed by atoms with Crippen molar-refractivity contribution in [2.45, 2.75) is 19.5 Å². The molecule has 0 saturated heterocycles. The van der Waals surface area contributed by atoms with Gasteiger partial charge in [0.05, 0.1) is 13.5 Å². The summed E-state index contributed by atoms with van der Waals surface area (Å²) in [5, 5.41) is 9.63. The molecule has 0 bridgehead atoms. The molecule has 4 nitrogen and oxygen atoms in total. The lowest BCUT2D eigenvalue weighted by atomic mass is 10.1. The lowest BCUT2D eigenvalue weighted by Crippen LogP contribution is -2.25. The monoisotopic (exact) mass is 333 g/mol. The van der Waals surface area contributed by atoms with Crippen LogP contribution in [0.5, 0.6) is 5.75 Å². The van der Waals surface area contributed by atoms with Crippen molar-refractivity contribution in [3.05, 3.63) is 64.7 Å². The van der Waals surface area contributed by atoms with Gasteiger partial charge < -0.3 is 9.84 Å². The van der Waals surface area contributed by atoms with Gasteiger partial charge in [0.25, 0.3) is 0 Å². The number of nitrogens with zero attached hydrogens (tertiary/aromatic N) is 1. The Labute approximate surface area is 141 Å². The summed E-state index contributed by atoms with van der Waals surface area (Å²) in [4.78, 5) is 13.0. The predicted octanol–water partition coefficient (Wildman–Crippen LogP) is 3.83. The van der Waals surface area contributed by atoms with Crippen LogP contribution in [-0.4, -0.2) is 29.6 Å². The number of carbonyl (C=O) groups is 1. The highest BCUT2D eigenvalue weighted by molar-refractivity contribution is 6.30. The smallest absolute Gasteiger partial charge is 0.304 e. The molecule has 0 aliphatic carbocycles. The van der Waals surface area contributed by atoms with Gasteiger partial charge in [0, 0.05) is 24.7 Å². The Kier molecular flexibility index (Phi) is 6.44. The highest BCUT2D eigenvalue weighted by Crippen LogP contribution is 2.17. The number of methoxy groups -OCH3 is 1. The molecule has 0 amide bonds. The zero-order valence-electron chi connectivity index (χ0n) is 13.0. The first-order valence-electron chi connectivity index (χ1n) is 7.38. The Morgan fingerprint density at radius 3 is 2.43 bits per heavy atom. The minimum absolute atomic E-state index is 0.108. The summed E-state index contributed by atoms with van der Waals surface area (Å²) in [5.74, 6) is 0.0107. The summed E-state index contributed by atoms with van der Waals surface area (Å²) in [6, 6.07) is 15.4. The van der Waals surface area contributed by atoms with Crippen molar-refractivity contribution in [1.29, 1.82) is 0 Å². The first-order valence-corrected chi connectivity index (χ1v) is 7.76. The SMILES string of the molecule is COc1ccc(CN(CCC(=O)O)Cc2cccc(Cl)c2)cc1. The Hall–Kier alpha value is -2.04. The van der Waals surface area contributed by atoms with Crippen LogP contribution >= 0.6 is 11.6 Å². The summed E-state index contributed by atoms with van der Waals surface area (Å²) in [5.41, 5.74) is 2.18. The summed E-state index contributed by atoms with van der Waals surface area (Å²) in [6.07, 6.45) is 0.108. The average Bonchev–Trinajstić information content (AvgIpc) is 2.53. The maximum absolute atomic E-state index is 10.9. The largest absolute Gasteiger partial charge is 0.497 e. The van der Waals surface area contributed by atoms with Gasteiger partial charge in [0.1, 0.15) is 5.75 Å². The number of ether oxygens (including phenoxy) is 1. The van der Waals surface area contributed by atoms with Gasteiger partial charge in [0.15, 0.2) is 0 Å². The van der Waals surface area contributed by atoms with Crippen molar-refractivity contribution in [1.82, 2.24) is 4.90 Å². The van der Waals surface area contributed by atoms with Crippen LogP contribution in [0.2, 0.25) is 5.02 Å². The van der Waals surface area contributed by atoms with E-state index < -0.39 is 5.97 Å². The van der Waals surface area contributed by atoms with Gasteiger partial charge >= 0.3 is 5.97 Å². The topological polar surface area (TPSA) is 49.8 Å². The predicted molar refractivity (Wildman–Crippen MR) is 90.8 cm³/mol. The summed E-state index contributed by atoms with van der Waals surface area (Å²) in [6.45, 7) is 1.80. The van der Waals surface area contributed by atoms with Crippen LogP contribution in [0.4, 0.5) is 0 Å². The van der Waals surface area contributed by atoms with Crippen LogP contribution in [-0.2, 0) is 17.9 Å². The van der Waals surface area contributed by atoms with Crippen LogP contribution in [0.25, 0.3) is 0 Å². The Morgan fingerprint density at radius 1 is 1.13 bits per heavy atom. The zero-order chi connectivity index (χ0) is 16.7. The molecule has 0 aromatic heterocycles. The molecule has 2 rings (SSSR count). The van der Waals surface area contributed by atoms with Gasteiger partial charge in [-0.3, -0.25) is 9.69 Å². The van der Waals surface area contributed by atoms with Crippen molar-refractivity contribution in [3.8, 4) is 5.75 Å². The maximum Gasteiger partial charge on any atom is 0.304 e. The van der Waals surface area contributed by atoms with E-state index in [9.17, 15) is 4.79 Å². The lowest BCUT2D eigenvalue weighted by Gasteiger charge is -2.22. The fraction of sp³-hybridized carbons (Fsp3) is 0.278. The molecule has 0 atom stereocenters. The Bertz CT molecular complexity index is 643. The third-order valence-electron chi connectivity index (χ3n) is 3.50. The summed E-state index contributed by atoms with van der Waals surface area (Å²) >= 11 is 6.02. The van der Waals surface area contributed by atoms with E-state index in [1.54, 1.807) is 7.11 Å². The van der Waals surface area contributed by atoms with E-state index in [2.05, 4.69) is 4.90 Å². The molecular weight excluding hydrogens is 314 g/mol. The molecule has 1 N–H and O–H groups in total. The van der Waals surface area contributed by atoms with Crippen LogP contribution in [0, 0.1) is 0 Å². The van der Waals surface area contributed by atoms with E-state index in [4.69, 9.17) is 21.4 Å². The molecule has 2 aromatic carbocycles. The highest BCUT2D eigenvalue weighted by atomic mass is 35.5. The maximum atomic E-state index is 10.9. The molecule has 0 unspecified atom stereocenters. The fourth-order valence-electron chi connectivity index (χ4n) is 2.35. The van der Waals surface area contributed by atoms with Crippen LogP contribution in [0.15, 0.2) is 48.5 Å². The van der Waals surface area contributed by atoms with E-state index in [0.29, 0.717) is 24.7 Å². The average molecular weight is 334 g/mol. The molecule has 2 aromatic rings. The molecular formula is C18H20ClNO3. The molecule has 0 heterocycles. The molecule has 0 fully saturated rings. The number of rotatable bonds is 8. The molecule has 5 heteroatoms. The first-order chi connectivity index (χ1) is 11.1. The third kappa shape index (κ3) is 5.93. The van der Waals surface area contributed by atoms with Crippen molar-refractivity contribution in [3.63, 3.8) is 0 Å². The summed E-state index contributed by atoms with van der Waals surface area (Å²) < 4.78 is 5.16. The molecule has 0 spiro atoms. The Balaban J connectivity index is 2.07. The standard InChI is InChI=1S/C18H20ClNO3/c1-23-17-7-5-14(6-8-17)12-20(10-9-18(21)22)13-15-3-2-4-16(19)11-15/h2-8,11H,9-10,12-13H2,1H3,(H,21,22). The van der Waals surface area contributed by atoms with Gasteiger partial charge in [-0.15, -0.1) is 0 Å². The van der Waals surface area contributed by atoms with Crippen molar-refractivity contribution >= 4 is 17.6 Å². The van der Waals surface area contributed by atoms with Crippen LogP contribution in [0.3, 0.4) is 0 Å². The number of benzene rings is 2. The quantitative estimate of drug-likeness (QED) is 0.797. The van der Waals surface area contributed by atoms with E-state index in [1.165, 1.54) is 0 Å². The number of carboxylic acid groups (broad SMARTS) is 1. The van der Waals surface area contributed by atoms with Crippen molar-refractivity contribution in [2.75, 3.05) is 13.7 Å². The van der Waals surface area contributed by atoms with Crippen molar-refractivity contribution in [2.24, 2.45) is 0 Å². The second-order valence-electron chi connectivity index (χ2n) is 5.33. The Morgan fingerprint density at radius 2 is 1.83 bits per heavy atom. The molecule has 122 valence electrons. The van der Waals surface area contributed by atoms with Gasteiger partial charge in [-0.05, 0) is 35.4 Å². The number of carboxylic acids is 1. The van der Waals surface area contributed by atoms with Crippen molar-refractivity contribution < 1.29 is 14.6 Å². The second kappa shape index (κ2) is 8.56. The lowest BCUT2D eigenvalue weighted by molar-refractivity contribution is -0.137. The molecule has 0 radical (unpaired) electrons. The second-order valence-corrected chi connectivity index (χ2v) is 5.77. The van der Waals surface area contributed by atoms with Gasteiger partial charge in [0.2, 0.25) is 0 Å². The normalized spacial score (nSPS) is 10.7. The molecule has 23 heavy (non-hydrogen) atoms. The van der Waals surface area contributed by atoms with E-state index >= 15 is 0 Å². The van der Waals surface area contributed by atoms with Gasteiger partial charge in [-0.25, -0.2) is 0 Å². The first kappa shape index (κ1) is 17.3. The number of hydrogen-bond donors (Lipinski definition) is 1. The molecule has 0 aliphatic rings. The number of aliphatic carboxylic acids is 1. The minimum Gasteiger partial charge on any atom is -0.497 e. The number of halogens is 1.